The molecule has 0 saturated carbocycles. The fraction of sp³-hybridized carbons (Fsp3) is 0.500. The average Bonchev–Trinajstić information content (AvgIpc) is 2.35. The minimum Gasteiger partial charge on any atom is -0.338 e. The Hall–Kier alpha value is -0.540. The maximum Gasteiger partial charge on any atom is 0.254 e. The SMILES string of the molecule is Cc1c(Br)cccc1C(=O)N1CCC(Cl)C(C)C1. The summed E-state index contributed by atoms with van der Waals surface area (Å²) >= 11 is 9.66. The summed E-state index contributed by atoms with van der Waals surface area (Å²) < 4.78 is 0.980. The van der Waals surface area contributed by atoms with Crippen molar-refractivity contribution < 1.29 is 4.79 Å². The molecule has 4 heteroatoms. The van der Waals surface area contributed by atoms with Crippen LogP contribution in [0.4, 0.5) is 0 Å². The highest BCUT2D eigenvalue weighted by atomic mass is 79.9. The van der Waals surface area contributed by atoms with Gasteiger partial charge < -0.3 is 4.90 Å². The molecule has 0 aromatic heterocycles. The van der Waals surface area contributed by atoms with Gasteiger partial charge in [-0.2, -0.15) is 0 Å². The van der Waals surface area contributed by atoms with Crippen LogP contribution in [-0.2, 0) is 0 Å². The summed E-state index contributed by atoms with van der Waals surface area (Å²) in [6.07, 6.45) is 0.877. The molecule has 0 spiro atoms. The highest BCUT2D eigenvalue weighted by Crippen LogP contribution is 2.25. The lowest BCUT2D eigenvalue weighted by atomic mass is 9.98. The Kier molecular flexibility index (Phi) is 4.33. The van der Waals surface area contributed by atoms with Gasteiger partial charge in [-0.05, 0) is 37.0 Å². The third-order valence-electron chi connectivity index (χ3n) is 3.59. The highest BCUT2D eigenvalue weighted by molar-refractivity contribution is 9.10. The molecule has 2 nitrogen and oxygen atoms in total. The molecule has 1 aromatic carbocycles. The quantitative estimate of drug-likeness (QED) is 0.716. The van der Waals surface area contributed by atoms with Crippen molar-refractivity contribution in [3.8, 4) is 0 Å². The number of piperidine rings is 1. The van der Waals surface area contributed by atoms with E-state index in [0.29, 0.717) is 5.92 Å². The monoisotopic (exact) mass is 329 g/mol. The fourth-order valence-corrected chi connectivity index (χ4v) is 2.85. The Morgan fingerprint density at radius 3 is 2.89 bits per heavy atom. The number of benzene rings is 1. The van der Waals surface area contributed by atoms with Crippen molar-refractivity contribution in [3.63, 3.8) is 0 Å². The summed E-state index contributed by atoms with van der Waals surface area (Å²) in [5.41, 5.74) is 1.78. The van der Waals surface area contributed by atoms with Crippen LogP contribution in [0.15, 0.2) is 22.7 Å². The second-order valence-corrected chi connectivity index (χ2v) is 6.36. The standard InChI is InChI=1S/C14H17BrClNO/c1-9-8-17(7-6-13(9)16)14(18)11-4-3-5-12(15)10(11)2/h3-5,9,13H,6-8H2,1-2H3. The molecule has 0 N–H and O–H groups in total. The molecular weight excluding hydrogens is 314 g/mol. The zero-order valence-corrected chi connectivity index (χ0v) is 13.0. The van der Waals surface area contributed by atoms with Gasteiger partial charge in [-0.1, -0.05) is 28.9 Å². The van der Waals surface area contributed by atoms with Crippen molar-refractivity contribution in [1.29, 1.82) is 0 Å². The molecule has 1 aliphatic heterocycles. The molecule has 1 fully saturated rings. The third kappa shape index (κ3) is 2.72. The molecule has 1 aliphatic rings. The van der Waals surface area contributed by atoms with Gasteiger partial charge in [0.2, 0.25) is 0 Å². The van der Waals surface area contributed by atoms with E-state index in [1.165, 1.54) is 0 Å². The van der Waals surface area contributed by atoms with Crippen molar-refractivity contribution in [3.05, 3.63) is 33.8 Å². The van der Waals surface area contributed by atoms with Crippen LogP contribution in [0.1, 0.15) is 29.3 Å². The second kappa shape index (κ2) is 5.62. The molecule has 2 rings (SSSR count). The molecule has 98 valence electrons. The average molecular weight is 331 g/mol. The second-order valence-electron chi connectivity index (χ2n) is 4.95. The summed E-state index contributed by atoms with van der Waals surface area (Å²) in [7, 11) is 0. The zero-order valence-electron chi connectivity index (χ0n) is 10.6. The van der Waals surface area contributed by atoms with Crippen LogP contribution in [0.5, 0.6) is 0 Å². The number of hydrogen-bond acceptors (Lipinski definition) is 1. The van der Waals surface area contributed by atoms with Gasteiger partial charge in [0.05, 0.1) is 0 Å². The van der Waals surface area contributed by atoms with Crippen LogP contribution in [0.25, 0.3) is 0 Å². The molecule has 1 heterocycles. The summed E-state index contributed by atoms with van der Waals surface area (Å²) in [5.74, 6) is 0.473. The predicted molar refractivity (Wildman–Crippen MR) is 78.2 cm³/mol. The van der Waals surface area contributed by atoms with Crippen molar-refractivity contribution in [2.24, 2.45) is 5.92 Å². The molecule has 0 bridgehead atoms. The number of carbonyl (C=O) groups excluding carboxylic acids is 1. The number of rotatable bonds is 1. The molecule has 2 atom stereocenters. The number of nitrogens with zero attached hydrogens (tertiary/aromatic N) is 1. The Bertz CT molecular complexity index is 463. The van der Waals surface area contributed by atoms with Gasteiger partial charge >= 0.3 is 0 Å². The van der Waals surface area contributed by atoms with Crippen molar-refractivity contribution in [1.82, 2.24) is 4.90 Å². The maximum absolute atomic E-state index is 12.5. The van der Waals surface area contributed by atoms with Crippen LogP contribution in [0, 0.1) is 12.8 Å². The summed E-state index contributed by atoms with van der Waals surface area (Å²) in [6.45, 7) is 5.57. The Morgan fingerprint density at radius 1 is 1.50 bits per heavy atom. The number of alkyl halides is 1. The van der Waals surface area contributed by atoms with Crippen molar-refractivity contribution in [2.75, 3.05) is 13.1 Å². The van der Waals surface area contributed by atoms with E-state index >= 15 is 0 Å². The topological polar surface area (TPSA) is 20.3 Å². The van der Waals surface area contributed by atoms with E-state index in [9.17, 15) is 4.79 Å². The lowest BCUT2D eigenvalue weighted by Gasteiger charge is -2.34. The van der Waals surface area contributed by atoms with E-state index in [1.54, 1.807) is 0 Å². The first-order chi connectivity index (χ1) is 8.50. The van der Waals surface area contributed by atoms with Gasteiger partial charge in [0.25, 0.3) is 5.91 Å². The number of halogens is 2. The first kappa shape index (κ1) is 13.9. The van der Waals surface area contributed by atoms with Crippen LogP contribution in [0.2, 0.25) is 0 Å². The molecular formula is C14H17BrClNO. The Morgan fingerprint density at radius 2 is 2.22 bits per heavy atom. The molecule has 0 aliphatic carbocycles. The normalized spacial score (nSPS) is 24.1. The minimum absolute atomic E-state index is 0.115. The fourth-order valence-electron chi connectivity index (χ4n) is 2.31. The molecule has 2 unspecified atom stereocenters. The minimum atomic E-state index is 0.115. The molecule has 18 heavy (non-hydrogen) atoms. The van der Waals surface area contributed by atoms with E-state index in [4.69, 9.17) is 11.6 Å². The Balaban J connectivity index is 2.19. The number of amides is 1. The number of hydrogen-bond donors (Lipinski definition) is 0. The van der Waals surface area contributed by atoms with Gasteiger partial charge in [0, 0.05) is 28.5 Å². The Labute approximate surface area is 121 Å². The molecule has 0 radical (unpaired) electrons. The molecule has 1 aromatic rings. The molecule has 1 saturated heterocycles. The van der Waals surface area contributed by atoms with Crippen LogP contribution >= 0.6 is 27.5 Å². The smallest absolute Gasteiger partial charge is 0.254 e. The number of carbonyl (C=O) groups is 1. The van der Waals surface area contributed by atoms with E-state index < -0.39 is 0 Å². The first-order valence-corrected chi connectivity index (χ1v) is 7.42. The van der Waals surface area contributed by atoms with Crippen LogP contribution in [-0.4, -0.2) is 29.3 Å². The van der Waals surface area contributed by atoms with E-state index in [-0.39, 0.29) is 11.3 Å². The number of likely N-dealkylation sites (tertiary alicyclic amines) is 1. The van der Waals surface area contributed by atoms with Crippen molar-refractivity contribution >= 4 is 33.4 Å². The van der Waals surface area contributed by atoms with Crippen LogP contribution in [0.3, 0.4) is 0 Å². The maximum atomic E-state index is 12.5. The molecule has 1 amide bonds. The van der Waals surface area contributed by atoms with E-state index in [2.05, 4.69) is 22.9 Å². The van der Waals surface area contributed by atoms with E-state index in [1.807, 2.05) is 30.0 Å². The largest absolute Gasteiger partial charge is 0.338 e. The summed E-state index contributed by atoms with van der Waals surface area (Å²) in [5, 5.41) is 0.192. The third-order valence-corrected chi connectivity index (χ3v) is 5.09. The van der Waals surface area contributed by atoms with Gasteiger partial charge in [0.15, 0.2) is 0 Å². The zero-order chi connectivity index (χ0) is 13.3. The first-order valence-electron chi connectivity index (χ1n) is 6.19. The summed E-state index contributed by atoms with van der Waals surface area (Å²) in [4.78, 5) is 14.4. The highest BCUT2D eigenvalue weighted by Gasteiger charge is 2.28. The van der Waals surface area contributed by atoms with Gasteiger partial charge in [-0.3, -0.25) is 4.79 Å². The van der Waals surface area contributed by atoms with Gasteiger partial charge in [-0.25, -0.2) is 0 Å². The van der Waals surface area contributed by atoms with Crippen LogP contribution < -0.4 is 0 Å². The summed E-state index contributed by atoms with van der Waals surface area (Å²) in [6, 6.07) is 5.75. The van der Waals surface area contributed by atoms with Gasteiger partial charge in [0.1, 0.15) is 0 Å². The van der Waals surface area contributed by atoms with E-state index in [0.717, 1.165) is 35.1 Å². The van der Waals surface area contributed by atoms with Gasteiger partial charge in [-0.15, -0.1) is 11.6 Å². The lowest BCUT2D eigenvalue weighted by Crippen LogP contribution is -2.43. The van der Waals surface area contributed by atoms with Crippen molar-refractivity contribution in [2.45, 2.75) is 25.6 Å². The predicted octanol–water partition coefficient (Wildman–Crippen LogP) is 3.85. The lowest BCUT2D eigenvalue weighted by molar-refractivity contribution is 0.0686.